The van der Waals surface area contributed by atoms with Crippen molar-refractivity contribution in [2.24, 2.45) is 0 Å². The van der Waals surface area contributed by atoms with E-state index < -0.39 is 0 Å². The van der Waals surface area contributed by atoms with Crippen molar-refractivity contribution in [3.8, 4) is 17.5 Å². The van der Waals surface area contributed by atoms with Gasteiger partial charge in [-0.1, -0.05) is 17.3 Å². The van der Waals surface area contributed by atoms with Gasteiger partial charge in [0, 0.05) is 24.9 Å². The second-order valence-corrected chi connectivity index (χ2v) is 6.61. The molecular weight excluding hydrogens is 371 g/mol. The molecule has 3 rings (SSSR count). The lowest BCUT2D eigenvalue weighted by atomic mass is 10.0. The van der Waals surface area contributed by atoms with E-state index in [9.17, 15) is 9.18 Å². The molecule has 2 aromatic carbocycles. The molecule has 29 heavy (non-hydrogen) atoms. The maximum atomic E-state index is 13.0. The van der Waals surface area contributed by atoms with Crippen molar-refractivity contribution in [1.29, 1.82) is 5.26 Å². The van der Waals surface area contributed by atoms with Gasteiger partial charge in [-0.15, -0.1) is 0 Å². The Balaban J connectivity index is 1.62. The zero-order chi connectivity index (χ0) is 20.8. The van der Waals surface area contributed by atoms with Crippen LogP contribution in [0.2, 0.25) is 0 Å². The Bertz CT molecular complexity index is 1010. The van der Waals surface area contributed by atoms with E-state index in [1.165, 1.54) is 12.1 Å². The van der Waals surface area contributed by atoms with Crippen molar-refractivity contribution in [3.63, 3.8) is 0 Å². The van der Waals surface area contributed by atoms with E-state index in [0.29, 0.717) is 35.8 Å². The monoisotopic (exact) mass is 392 g/mol. The quantitative estimate of drug-likeness (QED) is 0.599. The average molecular weight is 392 g/mol. The fraction of sp³-hybridized carbons (Fsp3) is 0.273. The molecule has 1 aromatic heterocycles. The summed E-state index contributed by atoms with van der Waals surface area (Å²) in [5.41, 5.74) is 2.21. The zero-order valence-electron chi connectivity index (χ0n) is 16.3. The molecule has 0 spiro atoms. The van der Waals surface area contributed by atoms with Crippen molar-refractivity contribution in [2.45, 2.75) is 32.7 Å². The summed E-state index contributed by atoms with van der Waals surface area (Å²) in [5, 5.41) is 12.8. The maximum absolute atomic E-state index is 13.0. The van der Waals surface area contributed by atoms with E-state index in [4.69, 9.17) is 9.78 Å². The Morgan fingerprint density at radius 2 is 1.90 bits per heavy atom. The highest BCUT2D eigenvalue weighted by Crippen LogP contribution is 2.22. The fourth-order valence-electron chi connectivity index (χ4n) is 3.11. The van der Waals surface area contributed by atoms with Crippen LogP contribution in [0.1, 0.15) is 43.3 Å². The predicted octanol–water partition coefficient (Wildman–Crippen LogP) is 4.29. The lowest BCUT2D eigenvalue weighted by Crippen LogP contribution is -2.33. The summed E-state index contributed by atoms with van der Waals surface area (Å²) in [4.78, 5) is 18.8. The SMILES string of the molecule is CCN(C(=O)CCc1nc(-c2ccc(F)cc2)no1)C(C)c1ccc(C#N)cc1. The first kappa shape index (κ1) is 20.2. The van der Waals surface area contributed by atoms with Gasteiger partial charge in [-0.2, -0.15) is 10.2 Å². The van der Waals surface area contributed by atoms with Crippen molar-refractivity contribution in [1.82, 2.24) is 15.0 Å². The Morgan fingerprint density at radius 1 is 1.21 bits per heavy atom. The first-order valence-electron chi connectivity index (χ1n) is 9.40. The summed E-state index contributed by atoms with van der Waals surface area (Å²) < 4.78 is 18.3. The number of benzene rings is 2. The van der Waals surface area contributed by atoms with Crippen LogP contribution in [0, 0.1) is 17.1 Å². The maximum Gasteiger partial charge on any atom is 0.227 e. The van der Waals surface area contributed by atoms with Crippen LogP contribution >= 0.6 is 0 Å². The number of rotatable bonds is 7. The Hall–Kier alpha value is -3.53. The molecule has 0 aliphatic heterocycles. The van der Waals surface area contributed by atoms with Crippen LogP contribution in [0.25, 0.3) is 11.4 Å². The molecule has 0 saturated heterocycles. The summed E-state index contributed by atoms with van der Waals surface area (Å²) >= 11 is 0. The summed E-state index contributed by atoms with van der Waals surface area (Å²) in [6, 6.07) is 15.0. The van der Waals surface area contributed by atoms with Crippen molar-refractivity contribution < 1.29 is 13.7 Å². The third-order valence-electron chi connectivity index (χ3n) is 4.77. The van der Waals surface area contributed by atoms with E-state index in [0.717, 1.165) is 5.56 Å². The van der Waals surface area contributed by atoms with E-state index in [-0.39, 0.29) is 24.2 Å². The Kier molecular flexibility index (Phi) is 6.35. The van der Waals surface area contributed by atoms with E-state index in [2.05, 4.69) is 16.2 Å². The summed E-state index contributed by atoms with van der Waals surface area (Å²) in [7, 11) is 0. The van der Waals surface area contributed by atoms with Crippen molar-refractivity contribution in [2.75, 3.05) is 6.54 Å². The minimum absolute atomic E-state index is 0.0223. The van der Waals surface area contributed by atoms with Crippen LogP contribution in [-0.2, 0) is 11.2 Å². The number of aryl methyl sites for hydroxylation is 1. The highest BCUT2D eigenvalue weighted by molar-refractivity contribution is 5.76. The van der Waals surface area contributed by atoms with Gasteiger partial charge in [0.15, 0.2) is 0 Å². The van der Waals surface area contributed by atoms with Crippen LogP contribution < -0.4 is 0 Å². The van der Waals surface area contributed by atoms with Gasteiger partial charge in [0.25, 0.3) is 0 Å². The number of aromatic nitrogens is 2. The number of hydrogen-bond donors (Lipinski definition) is 0. The van der Waals surface area contributed by atoms with E-state index >= 15 is 0 Å². The first-order valence-corrected chi connectivity index (χ1v) is 9.40. The predicted molar refractivity (Wildman–Crippen MR) is 105 cm³/mol. The molecule has 0 aliphatic carbocycles. The molecule has 7 heteroatoms. The minimum atomic E-state index is -0.334. The first-order chi connectivity index (χ1) is 14.0. The van der Waals surface area contributed by atoms with Gasteiger partial charge in [-0.25, -0.2) is 4.39 Å². The van der Waals surface area contributed by atoms with Gasteiger partial charge in [0.05, 0.1) is 17.7 Å². The fourth-order valence-corrected chi connectivity index (χ4v) is 3.11. The molecule has 6 nitrogen and oxygen atoms in total. The Labute approximate surface area is 168 Å². The van der Waals surface area contributed by atoms with Gasteiger partial charge < -0.3 is 9.42 Å². The standard InChI is InChI=1S/C22H21FN4O2/c1-3-27(15(2)17-6-4-16(14-24)5-7-17)21(28)13-12-20-25-22(26-29-20)18-8-10-19(23)11-9-18/h4-11,15H,3,12-13H2,1-2H3. The number of halogens is 1. The second-order valence-electron chi connectivity index (χ2n) is 6.61. The smallest absolute Gasteiger partial charge is 0.227 e. The molecule has 148 valence electrons. The van der Waals surface area contributed by atoms with Crippen LogP contribution in [0.15, 0.2) is 53.1 Å². The molecule has 1 amide bonds. The molecule has 0 bridgehead atoms. The molecule has 0 radical (unpaired) electrons. The summed E-state index contributed by atoms with van der Waals surface area (Å²) in [6.07, 6.45) is 0.559. The zero-order valence-corrected chi connectivity index (χ0v) is 16.3. The largest absolute Gasteiger partial charge is 0.339 e. The number of nitriles is 1. The van der Waals surface area contributed by atoms with Gasteiger partial charge in [0.2, 0.25) is 17.6 Å². The highest BCUT2D eigenvalue weighted by Gasteiger charge is 2.21. The van der Waals surface area contributed by atoms with Crippen LogP contribution in [0.3, 0.4) is 0 Å². The van der Waals surface area contributed by atoms with Gasteiger partial charge >= 0.3 is 0 Å². The Morgan fingerprint density at radius 3 is 2.52 bits per heavy atom. The molecule has 0 fully saturated rings. The van der Waals surface area contributed by atoms with Crippen molar-refractivity contribution in [3.05, 3.63) is 71.4 Å². The average Bonchev–Trinajstić information content (AvgIpc) is 3.22. The van der Waals surface area contributed by atoms with Gasteiger partial charge in [-0.3, -0.25) is 4.79 Å². The molecule has 0 N–H and O–H groups in total. The van der Waals surface area contributed by atoms with Crippen LogP contribution in [-0.4, -0.2) is 27.5 Å². The van der Waals surface area contributed by atoms with Gasteiger partial charge in [0.1, 0.15) is 5.82 Å². The lowest BCUT2D eigenvalue weighted by molar-refractivity contribution is -0.133. The number of hydrogen-bond acceptors (Lipinski definition) is 5. The normalized spacial score (nSPS) is 11.7. The molecule has 1 atom stereocenters. The number of nitrogens with zero attached hydrogens (tertiary/aromatic N) is 4. The number of amides is 1. The number of carbonyl (C=O) groups is 1. The molecule has 1 heterocycles. The number of carbonyl (C=O) groups excluding carboxylic acids is 1. The molecular formula is C22H21FN4O2. The van der Waals surface area contributed by atoms with Gasteiger partial charge in [-0.05, 0) is 55.8 Å². The summed E-state index contributed by atoms with van der Waals surface area (Å²) in [6.45, 7) is 4.45. The second kappa shape index (κ2) is 9.11. The third kappa shape index (κ3) is 4.85. The molecule has 0 aliphatic rings. The topological polar surface area (TPSA) is 83.0 Å². The van der Waals surface area contributed by atoms with Crippen molar-refractivity contribution >= 4 is 5.91 Å². The highest BCUT2D eigenvalue weighted by atomic mass is 19.1. The van der Waals surface area contributed by atoms with Crippen LogP contribution in [0.4, 0.5) is 4.39 Å². The van der Waals surface area contributed by atoms with Crippen LogP contribution in [0.5, 0.6) is 0 Å². The minimum Gasteiger partial charge on any atom is -0.339 e. The summed E-state index contributed by atoms with van der Waals surface area (Å²) in [5.74, 6) is 0.371. The third-order valence-corrected chi connectivity index (χ3v) is 4.77. The molecule has 3 aromatic rings. The molecule has 0 saturated carbocycles. The lowest BCUT2D eigenvalue weighted by Gasteiger charge is -2.28. The van der Waals surface area contributed by atoms with E-state index in [1.54, 1.807) is 29.2 Å². The van der Waals surface area contributed by atoms with E-state index in [1.807, 2.05) is 26.0 Å². The molecule has 1 unspecified atom stereocenters.